The Bertz CT molecular complexity index is 606. The topological polar surface area (TPSA) is 59.0 Å². The van der Waals surface area contributed by atoms with Crippen molar-refractivity contribution in [3.63, 3.8) is 0 Å². The van der Waals surface area contributed by atoms with Crippen LogP contribution < -0.4 is 10.1 Å². The first-order chi connectivity index (χ1) is 13.5. The molecule has 2 rings (SSSR count). The minimum Gasteiger partial charge on any atom is -0.475 e. The number of aromatic nitrogens is 1. The fourth-order valence-corrected chi connectivity index (χ4v) is 3.63. The van der Waals surface area contributed by atoms with E-state index in [1.807, 2.05) is 25.4 Å². The molecule has 1 aliphatic heterocycles. The van der Waals surface area contributed by atoms with Crippen LogP contribution in [-0.2, 0) is 11.3 Å². The highest BCUT2D eigenvalue weighted by atomic mass is 127. The molecule has 0 aromatic carbocycles. The van der Waals surface area contributed by atoms with Crippen molar-refractivity contribution in [2.45, 2.75) is 59.1 Å². The van der Waals surface area contributed by atoms with Crippen molar-refractivity contribution >= 4 is 29.9 Å². The van der Waals surface area contributed by atoms with Gasteiger partial charge in [-0.3, -0.25) is 4.99 Å². The number of nitrogens with one attached hydrogen (secondary N) is 1. The fraction of sp³-hybridized carbons (Fsp3) is 0.727. The maximum Gasteiger partial charge on any atom is 0.213 e. The van der Waals surface area contributed by atoms with E-state index < -0.39 is 0 Å². The van der Waals surface area contributed by atoms with E-state index in [1.165, 1.54) is 19.3 Å². The summed E-state index contributed by atoms with van der Waals surface area (Å²) in [6, 6.07) is 4.03. The number of pyridine rings is 1. The summed E-state index contributed by atoms with van der Waals surface area (Å²) in [4.78, 5) is 11.0. The van der Waals surface area contributed by atoms with Crippen LogP contribution in [0.15, 0.2) is 23.3 Å². The molecule has 1 unspecified atom stereocenters. The van der Waals surface area contributed by atoms with Crippen molar-refractivity contribution in [3.8, 4) is 5.88 Å². The monoisotopic (exact) mass is 518 g/mol. The number of ether oxygens (including phenoxy) is 2. The number of hydrogen-bond donors (Lipinski definition) is 1. The summed E-state index contributed by atoms with van der Waals surface area (Å²) in [6.07, 6.45) is 6.53. The van der Waals surface area contributed by atoms with Gasteiger partial charge >= 0.3 is 0 Å². The number of guanidine groups is 1. The van der Waals surface area contributed by atoms with Crippen LogP contribution in [0, 0.1) is 11.8 Å². The van der Waals surface area contributed by atoms with Crippen molar-refractivity contribution < 1.29 is 9.47 Å². The van der Waals surface area contributed by atoms with Gasteiger partial charge in [-0.1, -0.05) is 13.8 Å². The van der Waals surface area contributed by atoms with E-state index in [9.17, 15) is 0 Å². The maximum atomic E-state index is 5.96. The largest absolute Gasteiger partial charge is 0.475 e. The van der Waals surface area contributed by atoms with E-state index in [0.29, 0.717) is 18.3 Å². The highest BCUT2D eigenvalue weighted by Gasteiger charge is 2.15. The van der Waals surface area contributed by atoms with E-state index >= 15 is 0 Å². The highest BCUT2D eigenvalue weighted by Crippen LogP contribution is 2.18. The molecule has 0 spiro atoms. The molecule has 0 amide bonds. The molecule has 166 valence electrons. The second-order valence-corrected chi connectivity index (χ2v) is 8.23. The first-order valence-corrected chi connectivity index (χ1v) is 10.6. The van der Waals surface area contributed by atoms with Crippen molar-refractivity contribution in [2.75, 3.05) is 33.9 Å². The Morgan fingerprint density at radius 1 is 1.34 bits per heavy atom. The van der Waals surface area contributed by atoms with Crippen molar-refractivity contribution in [1.29, 1.82) is 0 Å². The second kappa shape index (κ2) is 14.0. The van der Waals surface area contributed by atoms with E-state index in [2.05, 4.69) is 48.0 Å². The summed E-state index contributed by atoms with van der Waals surface area (Å²) in [6.45, 7) is 10.0. The molecule has 6 nitrogen and oxygen atoms in total. The Morgan fingerprint density at radius 3 is 2.72 bits per heavy atom. The zero-order valence-electron chi connectivity index (χ0n) is 18.7. The second-order valence-electron chi connectivity index (χ2n) is 8.23. The average molecular weight is 518 g/mol. The summed E-state index contributed by atoms with van der Waals surface area (Å²) in [5.41, 5.74) is 1.14. The molecule has 1 aromatic rings. The number of aliphatic imine (C=N–C) groups is 1. The van der Waals surface area contributed by atoms with Gasteiger partial charge in [-0.15, -0.1) is 24.0 Å². The minimum absolute atomic E-state index is 0. The molecule has 0 bridgehead atoms. The molecular formula is C22H39IN4O2. The lowest BCUT2D eigenvalue weighted by Gasteiger charge is -2.27. The maximum absolute atomic E-state index is 5.96. The summed E-state index contributed by atoms with van der Waals surface area (Å²) in [5, 5.41) is 3.45. The third kappa shape index (κ3) is 9.98. The van der Waals surface area contributed by atoms with Crippen LogP contribution in [0.4, 0.5) is 0 Å². The lowest BCUT2D eigenvalue weighted by atomic mass is 9.96. The van der Waals surface area contributed by atoms with Gasteiger partial charge in [0.2, 0.25) is 5.88 Å². The summed E-state index contributed by atoms with van der Waals surface area (Å²) >= 11 is 0. The van der Waals surface area contributed by atoms with Crippen LogP contribution in [0.3, 0.4) is 0 Å². The van der Waals surface area contributed by atoms with E-state index in [4.69, 9.17) is 9.47 Å². The number of halogens is 1. The van der Waals surface area contributed by atoms with Crippen LogP contribution in [0.25, 0.3) is 0 Å². The molecule has 0 saturated carbocycles. The van der Waals surface area contributed by atoms with E-state index in [1.54, 1.807) is 0 Å². The Labute approximate surface area is 193 Å². The normalized spacial score (nSPS) is 16.3. The van der Waals surface area contributed by atoms with Crippen LogP contribution in [0.1, 0.15) is 52.0 Å². The van der Waals surface area contributed by atoms with Crippen molar-refractivity contribution in [1.82, 2.24) is 15.2 Å². The van der Waals surface area contributed by atoms with E-state index in [-0.39, 0.29) is 30.1 Å². The average Bonchev–Trinajstić information content (AvgIpc) is 2.67. The lowest BCUT2D eigenvalue weighted by Crippen LogP contribution is -2.39. The van der Waals surface area contributed by atoms with Gasteiger partial charge < -0.3 is 19.7 Å². The zero-order chi connectivity index (χ0) is 20.4. The van der Waals surface area contributed by atoms with Gasteiger partial charge in [-0.2, -0.15) is 0 Å². The van der Waals surface area contributed by atoms with Gasteiger partial charge in [0.1, 0.15) is 0 Å². The molecule has 1 aliphatic rings. The Hall–Kier alpha value is -1.09. The number of nitrogens with zero attached hydrogens (tertiary/aromatic N) is 3. The zero-order valence-corrected chi connectivity index (χ0v) is 21.0. The molecule has 29 heavy (non-hydrogen) atoms. The first-order valence-electron chi connectivity index (χ1n) is 10.6. The number of hydrogen-bond acceptors (Lipinski definition) is 4. The molecule has 7 heteroatoms. The predicted octanol–water partition coefficient (Wildman–Crippen LogP) is 4.34. The minimum atomic E-state index is 0. The quantitative estimate of drug-likeness (QED) is 0.300. The van der Waals surface area contributed by atoms with E-state index in [0.717, 1.165) is 43.6 Å². The van der Waals surface area contributed by atoms with Crippen LogP contribution in [0.5, 0.6) is 5.88 Å². The summed E-state index contributed by atoms with van der Waals surface area (Å²) < 4.78 is 11.4. The molecule has 1 N–H and O–H groups in total. The van der Waals surface area contributed by atoms with Gasteiger partial charge in [0.15, 0.2) is 5.96 Å². The smallest absolute Gasteiger partial charge is 0.213 e. The molecule has 1 atom stereocenters. The highest BCUT2D eigenvalue weighted by molar-refractivity contribution is 14.0. The van der Waals surface area contributed by atoms with Crippen LogP contribution >= 0.6 is 24.0 Å². The third-order valence-corrected chi connectivity index (χ3v) is 5.16. The Kier molecular flexibility index (Phi) is 12.5. The molecule has 1 saturated heterocycles. The lowest BCUT2D eigenvalue weighted by molar-refractivity contribution is 0.0625. The standard InChI is InChI=1S/C22H38N4O2.HI/c1-17(2)14-18(3)28-21-15-20(6-10-24-21)16-25-22(23-4)26(5)11-7-19-8-12-27-13-9-19;/h6,10,15,17-19H,7-9,11-14,16H2,1-5H3,(H,23,25);1H. The molecule has 1 aromatic heterocycles. The summed E-state index contributed by atoms with van der Waals surface area (Å²) in [5.74, 6) is 2.98. The van der Waals surface area contributed by atoms with Crippen molar-refractivity contribution in [3.05, 3.63) is 23.9 Å². The Balaban J connectivity index is 0.00000420. The van der Waals surface area contributed by atoms with Crippen LogP contribution in [0.2, 0.25) is 0 Å². The summed E-state index contributed by atoms with van der Waals surface area (Å²) in [7, 11) is 3.94. The van der Waals surface area contributed by atoms with Gasteiger partial charge in [0.05, 0.1) is 6.10 Å². The SMILES string of the molecule is CN=C(NCc1ccnc(OC(C)CC(C)C)c1)N(C)CCC1CCOCC1.I. The van der Waals surface area contributed by atoms with Crippen molar-refractivity contribution in [2.24, 2.45) is 16.8 Å². The van der Waals surface area contributed by atoms with Gasteiger partial charge in [0, 0.05) is 52.7 Å². The molecule has 1 fully saturated rings. The Morgan fingerprint density at radius 2 is 2.07 bits per heavy atom. The van der Waals surface area contributed by atoms with Gasteiger partial charge in [-0.25, -0.2) is 4.98 Å². The molecule has 2 heterocycles. The third-order valence-electron chi connectivity index (χ3n) is 5.16. The van der Waals surface area contributed by atoms with Gasteiger partial charge in [0.25, 0.3) is 0 Å². The molecule has 0 aliphatic carbocycles. The predicted molar refractivity (Wildman–Crippen MR) is 130 cm³/mol. The fourth-order valence-electron chi connectivity index (χ4n) is 3.63. The first kappa shape index (κ1) is 25.9. The van der Waals surface area contributed by atoms with Gasteiger partial charge in [-0.05, 0) is 56.1 Å². The van der Waals surface area contributed by atoms with Crippen LogP contribution in [-0.4, -0.2) is 55.8 Å². The number of rotatable bonds is 9. The molecular weight excluding hydrogens is 479 g/mol. The molecule has 0 radical (unpaired) electrons.